The van der Waals surface area contributed by atoms with Crippen LogP contribution in [0.15, 0.2) is 48.5 Å². The number of ketones is 1. The topological polar surface area (TPSA) is 26.3 Å². The molecule has 1 aliphatic heterocycles. The highest BCUT2D eigenvalue weighted by molar-refractivity contribution is 5.96. The summed E-state index contributed by atoms with van der Waals surface area (Å²) < 4.78 is 5.66. The monoisotopic (exact) mass is 266 g/mol. The number of rotatable bonds is 4. The first kappa shape index (κ1) is 12.9. The summed E-state index contributed by atoms with van der Waals surface area (Å²) >= 11 is 0. The van der Waals surface area contributed by atoms with Crippen LogP contribution in [0.4, 0.5) is 0 Å². The molecular weight excluding hydrogens is 248 g/mol. The average molecular weight is 266 g/mol. The highest BCUT2D eigenvalue weighted by atomic mass is 16.5. The number of benzene rings is 2. The maximum absolute atomic E-state index is 12.3. The molecule has 0 bridgehead atoms. The van der Waals surface area contributed by atoms with Crippen molar-refractivity contribution in [1.82, 2.24) is 0 Å². The molecule has 0 radical (unpaired) electrons. The molecular formula is C18H18O2. The van der Waals surface area contributed by atoms with Gasteiger partial charge in [0, 0.05) is 18.4 Å². The molecule has 2 heteroatoms. The molecule has 2 aromatic rings. The first-order valence-corrected chi connectivity index (χ1v) is 7.09. The standard InChI is InChI=1S/C18H18O2/c1-13-11-16-12-15(8-10-18(16)20-13)17(19)9-7-14-5-3-2-4-6-14/h2-6,8,10,12-13H,7,9,11H2,1H3/t13-/m0/s1. The third-order valence-electron chi connectivity index (χ3n) is 3.70. The Morgan fingerprint density at radius 3 is 2.80 bits per heavy atom. The Bertz CT molecular complexity index is 617. The molecule has 1 aliphatic rings. The summed E-state index contributed by atoms with van der Waals surface area (Å²) in [7, 11) is 0. The Morgan fingerprint density at radius 2 is 2.00 bits per heavy atom. The average Bonchev–Trinajstić information content (AvgIpc) is 2.85. The van der Waals surface area contributed by atoms with Crippen molar-refractivity contribution in [2.75, 3.05) is 0 Å². The molecule has 0 saturated carbocycles. The highest BCUT2D eigenvalue weighted by Crippen LogP contribution is 2.29. The lowest BCUT2D eigenvalue weighted by atomic mass is 10.00. The van der Waals surface area contributed by atoms with Crippen molar-refractivity contribution in [3.05, 3.63) is 65.2 Å². The molecule has 0 aromatic heterocycles. The lowest BCUT2D eigenvalue weighted by molar-refractivity contribution is 0.0983. The first-order valence-electron chi connectivity index (χ1n) is 7.09. The second-order valence-corrected chi connectivity index (χ2v) is 5.36. The zero-order valence-corrected chi connectivity index (χ0v) is 11.6. The fourth-order valence-electron chi connectivity index (χ4n) is 2.64. The Morgan fingerprint density at radius 1 is 1.20 bits per heavy atom. The predicted octanol–water partition coefficient (Wildman–Crippen LogP) is 3.83. The largest absolute Gasteiger partial charge is 0.490 e. The van der Waals surface area contributed by atoms with Crippen molar-refractivity contribution in [3.63, 3.8) is 0 Å². The van der Waals surface area contributed by atoms with Gasteiger partial charge in [0.25, 0.3) is 0 Å². The normalized spacial score (nSPS) is 16.6. The van der Waals surface area contributed by atoms with Crippen LogP contribution in [0.1, 0.15) is 34.8 Å². The summed E-state index contributed by atoms with van der Waals surface area (Å²) in [5.74, 6) is 1.13. The molecule has 102 valence electrons. The van der Waals surface area contributed by atoms with E-state index in [0.717, 1.165) is 29.7 Å². The van der Waals surface area contributed by atoms with Gasteiger partial charge in [-0.2, -0.15) is 0 Å². The number of hydrogen-bond donors (Lipinski definition) is 0. The number of hydrogen-bond acceptors (Lipinski definition) is 2. The summed E-state index contributed by atoms with van der Waals surface area (Å²) in [5, 5.41) is 0. The maximum Gasteiger partial charge on any atom is 0.163 e. The molecule has 1 atom stereocenters. The summed E-state index contributed by atoms with van der Waals surface area (Å²) in [6.45, 7) is 2.05. The van der Waals surface area contributed by atoms with Gasteiger partial charge in [-0.05, 0) is 42.7 Å². The second-order valence-electron chi connectivity index (χ2n) is 5.36. The fraction of sp³-hybridized carbons (Fsp3) is 0.278. The van der Waals surface area contributed by atoms with Crippen LogP contribution >= 0.6 is 0 Å². The lowest BCUT2D eigenvalue weighted by Crippen LogP contribution is -2.05. The van der Waals surface area contributed by atoms with Gasteiger partial charge in [0.1, 0.15) is 11.9 Å². The molecule has 2 aromatic carbocycles. The van der Waals surface area contributed by atoms with Gasteiger partial charge < -0.3 is 4.74 Å². The van der Waals surface area contributed by atoms with Crippen LogP contribution in [0.2, 0.25) is 0 Å². The number of aryl methyl sites for hydroxylation is 1. The minimum atomic E-state index is 0.205. The summed E-state index contributed by atoms with van der Waals surface area (Å²) in [6.07, 6.45) is 2.47. The van der Waals surface area contributed by atoms with E-state index in [2.05, 4.69) is 19.1 Å². The van der Waals surface area contributed by atoms with Crippen LogP contribution in [0.5, 0.6) is 5.75 Å². The zero-order chi connectivity index (χ0) is 13.9. The summed E-state index contributed by atoms with van der Waals surface area (Å²) in [5.41, 5.74) is 3.17. The SMILES string of the molecule is C[C@H]1Cc2cc(C(=O)CCc3ccccc3)ccc2O1. The quantitative estimate of drug-likeness (QED) is 0.786. The van der Waals surface area contributed by atoms with Gasteiger partial charge in [-0.25, -0.2) is 0 Å². The van der Waals surface area contributed by atoms with Crippen molar-refractivity contribution in [1.29, 1.82) is 0 Å². The Balaban J connectivity index is 1.68. The Hall–Kier alpha value is -2.09. The van der Waals surface area contributed by atoms with Gasteiger partial charge in [0.05, 0.1) is 0 Å². The fourth-order valence-corrected chi connectivity index (χ4v) is 2.64. The van der Waals surface area contributed by atoms with Crippen molar-refractivity contribution in [2.45, 2.75) is 32.3 Å². The van der Waals surface area contributed by atoms with E-state index in [0.29, 0.717) is 6.42 Å². The molecule has 0 amide bonds. The van der Waals surface area contributed by atoms with Crippen LogP contribution in [-0.2, 0) is 12.8 Å². The predicted molar refractivity (Wildman–Crippen MR) is 79.3 cm³/mol. The molecule has 0 fully saturated rings. The number of carbonyl (C=O) groups excluding carboxylic acids is 1. The summed E-state index contributed by atoms with van der Waals surface area (Å²) in [6, 6.07) is 15.9. The van der Waals surface area contributed by atoms with Crippen molar-refractivity contribution >= 4 is 5.78 Å². The van der Waals surface area contributed by atoms with Crippen molar-refractivity contribution < 1.29 is 9.53 Å². The van der Waals surface area contributed by atoms with E-state index < -0.39 is 0 Å². The number of fused-ring (bicyclic) bond motifs is 1. The van der Waals surface area contributed by atoms with E-state index in [9.17, 15) is 4.79 Å². The van der Waals surface area contributed by atoms with E-state index in [1.54, 1.807) is 0 Å². The molecule has 0 N–H and O–H groups in total. The summed E-state index contributed by atoms with van der Waals surface area (Å²) in [4.78, 5) is 12.3. The van der Waals surface area contributed by atoms with Gasteiger partial charge in [0.15, 0.2) is 5.78 Å². The number of carbonyl (C=O) groups is 1. The molecule has 2 nitrogen and oxygen atoms in total. The van der Waals surface area contributed by atoms with Gasteiger partial charge in [-0.1, -0.05) is 30.3 Å². The van der Waals surface area contributed by atoms with E-state index in [4.69, 9.17) is 4.74 Å². The molecule has 0 saturated heterocycles. The third kappa shape index (κ3) is 2.74. The van der Waals surface area contributed by atoms with Crippen molar-refractivity contribution in [2.24, 2.45) is 0 Å². The van der Waals surface area contributed by atoms with Gasteiger partial charge in [0.2, 0.25) is 0 Å². The minimum Gasteiger partial charge on any atom is -0.490 e. The van der Waals surface area contributed by atoms with Gasteiger partial charge >= 0.3 is 0 Å². The van der Waals surface area contributed by atoms with Crippen molar-refractivity contribution in [3.8, 4) is 5.75 Å². The second kappa shape index (κ2) is 5.49. The highest BCUT2D eigenvalue weighted by Gasteiger charge is 2.20. The maximum atomic E-state index is 12.3. The zero-order valence-electron chi connectivity index (χ0n) is 11.6. The van der Waals surface area contributed by atoms with E-state index in [-0.39, 0.29) is 11.9 Å². The van der Waals surface area contributed by atoms with Crippen LogP contribution in [0.25, 0.3) is 0 Å². The molecule has 20 heavy (non-hydrogen) atoms. The van der Waals surface area contributed by atoms with E-state index in [1.807, 2.05) is 36.4 Å². The minimum absolute atomic E-state index is 0.205. The molecule has 0 spiro atoms. The molecule has 1 heterocycles. The van der Waals surface area contributed by atoms with Crippen LogP contribution in [0.3, 0.4) is 0 Å². The first-order chi connectivity index (χ1) is 9.72. The Labute approximate surface area is 119 Å². The molecule has 3 rings (SSSR count). The van der Waals surface area contributed by atoms with E-state index in [1.165, 1.54) is 5.56 Å². The number of Topliss-reactive ketones (excluding diaryl/α,β-unsaturated/α-hetero) is 1. The van der Waals surface area contributed by atoms with Crippen LogP contribution in [-0.4, -0.2) is 11.9 Å². The van der Waals surface area contributed by atoms with Gasteiger partial charge in [-0.3, -0.25) is 4.79 Å². The molecule has 0 unspecified atom stereocenters. The Kier molecular flexibility index (Phi) is 3.55. The van der Waals surface area contributed by atoms with Crippen LogP contribution < -0.4 is 4.74 Å². The van der Waals surface area contributed by atoms with Crippen LogP contribution in [0, 0.1) is 0 Å². The van der Waals surface area contributed by atoms with E-state index >= 15 is 0 Å². The number of ether oxygens (including phenoxy) is 1. The smallest absolute Gasteiger partial charge is 0.163 e. The molecule has 0 aliphatic carbocycles. The van der Waals surface area contributed by atoms with Gasteiger partial charge in [-0.15, -0.1) is 0 Å². The lowest BCUT2D eigenvalue weighted by Gasteiger charge is -2.04. The third-order valence-corrected chi connectivity index (χ3v) is 3.70.